The third-order valence-corrected chi connectivity index (χ3v) is 3.60. The van der Waals surface area contributed by atoms with E-state index in [0.717, 1.165) is 12.1 Å². The number of methoxy groups -OCH3 is 2. The van der Waals surface area contributed by atoms with Crippen molar-refractivity contribution < 1.29 is 27.8 Å². The molecule has 0 aliphatic carbocycles. The van der Waals surface area contributed by atoms with Gasteiger partial charge in [-0.15, -0.1) is 0 Å². The van der Waals surface area contributed by atoms with Crippen LogP contribution in [0.1, 0.15) is 28.4 Å². The maximum atomic E-state index is 13.8. The molecule has 2 rings (SSSR count). The SMILES string of the molecule is COC(=O)C[C@@H](NC(=O)c1ccc(F)cc1F)c1ccc(OC)cc1. The van der Waals surface area contributed by atoms with Crippen LogP contribution in [0.5, 0.6) is 5.75 Å². The van der Waals surface area contributed by atoms with E-state index in [1.165, 1.54) is 14.2 Å². The van der Waals surface area contributed by atoms with Crippen molar-refractivity contribution in [2.45, 2.75) is 12.5 Å². The van der Waals surface area contributed by atoms with Gasteiger partial charge in [0.15, 0.2) is 0 Å². The minimum Gasteiger partial charge on any atom is -0.497 e. The van der Waals surface area contributed by atoms with E-state index in [2.05, 4.69) is 10.1 Å². The van der Waals surface area contributed by atoms with Crippen molar-refractivity contribution in [1.29, 1.82) is 0 Å². The summed E-state index contributed by atoms with van der Waals surface area (Å²) in [5.41, 5.74) is 0.298. The fourth-order valence-corrected chi connectivity index (χ4v) is 2.25. The normalized spacial score (nSPS) is 11.5. The topological polar surface area (TPSA) is 64.6 Å². The Morgan fingerprint density at radius 2 is 1.76 bits per heavy atom. The molecule has 0 spiro atoms. The lowest BCUT2D eigenvalue weighted by atomic mass is 10.0. The van der Waals surface area contributed by atoms with Gasteiger partial charge in [-0.2, -0.15) is 0 Å². The van der Waals surface area contributed by atoms with Crippen molar-refractivity contribution in [3.63, 3.8) is 0 Å². The number of esters is 1. The van der Waals surface area contributed by atoms with Gasteiger partial charge in [0.1, 0.15) is 17.4 Å². The zero-order valence-corrected chi connectivity index (χ0v) is 13.7. The lowest BCUT2D eigenvalue weighted by Crippen LogP contribution is -2.31. The second kappa shape index (κ2) is 8.23. The van der Waals surface area contributed by atoms with Crippen LogP contribution in [-0.4, -0.2) is 26.1 Å². The third kappa shape index (κ3) is 4.76. The molecule has 7 heteroatoms. The van der Waals surface area contributed by atoms with Gasteiger partial charge in [0.05, 0.1) is 32.2 Å². The summed E-state index contributed by atoms with van der Waals surface area (Å²) in [4.78, 5) is 23.9. The molecular weight excluding hydrogens is 332 g/mol. The molecule has 1 N–H and O–H groups in total. The fraction of sp³-hybridized carbons (Fsp3) is 0.222. The van der Waals surface area contributed by atoms with Crippen LogP contribution in [0.25, 0.3) is 0 Å². The molecule has 5 nitrogen and oxygen atoms in total. The molecule has 2 aromatic carbocycles. The van der Waals surface area contributed by atoms with Gasteiger partial charge in [-0.3, -0.25) is 9.59 Å². The Balaban J connectivity index is 2.25. The predicted molar refractivity (Wildman–Crippen MR) is 86.2 cm³/mol. The average Bonchev–Trinajstić information content (AvgIpc) is 2.60. The second-order valence-corrected chi connectivity index (χ2v) is 5.20. The number of amides is 1. The molecule has 0 aromatic heterocycles. The highest BCUT2D eigenvalue weighted by molar-refractivity contribution is 5.95. The van der Waals surface area contributed by atoms with E-state index in [4.69, 9.17) is 4.74 Å². The Bertz CT molecular complexity index is 762. The van der Waals surface area contributed by atoms with Gasteiger partial charge in [-0.1, -0.05) is 12.1 Å². The molecule has 0 radical (unpaired) electrons. The molecule has 0 fully saturated rings. The van der Waals surface area contributed by atoms with Gasteiger partial charge >= 0.3 is 5.97 Å². The molecule has 0 bridgehead atoms. The van der Waals surface area contributed by atoms with Crippen molar-refractivity contribution >= 4 is 11.9 Å². The molecule has 0 saturated heterocycles. The number of carbonyl (C=O) groups excluding carboxylic acids is 2. The maximum Gasteiger partial charge on any atom is 0.307 e. The van der Waals surface area contributed by atoms with Crippen LogP contribution in [0.3, 0.4) is 0 Å². The molecule has 25 heavy (non-hydrogen) atoms. The molecule has 1 amide bonds. The molecule has 0 aliphatic rings. The number of rotatable bonds is 6. The van der Waals surface area contributed by atoms with Crippen molar-refractivity contribution in [1.82, 2.24) is 5.32 Å². The Morgan fingerprint density at radius 1 is 1.08 bits per heavy atom. The van der Waals surface area contributed by atoms with Gasteiger partial charge in [0.2, 0.25) is 0 Å². The smallest absolute Gasteiger partial charge is 0.307 e. The molecule has 1 atom stereocenters. The first-order chi connectivity index (χ1) is 11.9. The van der Waals surface area contributed by atoms with Gasteiger partial charge in [0, 0.05) is 6.07 Å². The number of hydrogen-bond acceptors (Lipinski definition) is 4. The highest BCUT2D eigenvalue weighted by Gasteiger charge is 2.21. The number of benzene rings is 2. The van der Waals surface area contributed by atoms with Crippen LogP contribution in [0.15, 0.2) is 42.5 Å². The minimum absolute atomic E-state index is 0.141. The summed E-state index contributed by atoms with van der Waals surface area (Å²) in [5.74, 6) is -2.46. The molecular formula is C18H17F2NO4. The third-order valence-electron chi connectivity index (χ3n) is 3.60. The van der Waals surface area contributed by atoms with Gasteiger partial charge in [0.25, 0.3) is 5.91 Å². The van der Waals surface area contributed by atoms with E-state index in [1.807, 2.05) is 0 Å². The summed E-state index contributed by atoms with van der Waals surface area (Å²) in [6, 6.07) is 8.60. The Kier molecular flexibility index (Phi) is 6.05. The summed E-state index contributed by atoms with van der Waals surface area (Å²) in [7, 11) is 2.74. The van der Waals surface area contributed by atoms with Crippen LogP contribution in [-0.2, 0) is 9.53 Å². The first-order valence-corrected chi connectivity index (χ1v) is 7.41. The fourth-order valence-electron chi connectivity index (χ4n) is 2.25. The van der Waals surface area contributed by atoms with Crippen LogP contribution >= 0.6 is 0 Å². The molecule has 0 unspecified atom stereocenters. The zero-order chi connectivity index (χ0) is 18.4. The van der Waals surface area contributed by atoms with E-state index in [9.17, 15) is 18.4 Å². The van der Waals surface area contributed by atoms with Crippen LogP contribution < -0.4 is 10.1 Å². The van der Waals surface area contributed by atoms with Crippen molar-refractivity contribution in [2.24, 2.45) is 0 Å². The summed E-state index contributed by atoms with van der Waals surface area (Å²) in [6.07, 6.45) is -0.141. The Hall–Kier alpha value is -2.96. The minimum atomic E-state index is -0.982. The second-order valence-electron chi connectivity index (χ2n) is 5.20. The highest BCUT2D eigenvalue weighted by atomic mass is 19.1. The number of hydrogen-bond donors (Lipinski definition) is 1. The first-order valence-electron chi connectivity index (χ1n) is 7.41. The maximum absolute atomic E-state index is 13.8. The number of ether oxygens (including phenoxy) is 2. The largest absolute Gasteiger partial charge is 0.497 e. The van der Waals surface area contributed by atoms with E-state index in [0.29, 0.717) is 17.4 Å². The molecule has 132 valence electrons. The number of halogens is 2. The van der Waals surface area contributed by atoms with E-state index >= 15 is 0 Å². The highest BCUT2D eigenvalue weighted by Crippen LogP contribution is 2.22. The molecule has 0 saturated carbocycles. The van der Waals surface area contributed by atoms with E-state index < -0.39 is 29.6 Å². The monoisotopic (exact) mass is 349 g/mol. The van der Waals surface area contributed by atoms with Gasteiger partial charge in [-0.05, 0) is 29.8 Å². The number of carbonyl (C=O) groups is 2. The molecule has 0 aliphatic heterocycles. The summed E-state index contributed by atoms with van der Waals surface area (Å²) in [6.45, 7) is 0. The summed E-state index contributed by atoms with van der Waals surface area (Å²) >= 11 is 0. The van der Waals surface area contributed by atoms with Gasteiger partial charge < -0.3 is 14.8 Å². The van der Waals surface area contributed by atoms with Crippen molar-refractivity contribution in [3.8, 4) is 5.75 Å². The van der Waals surface area contributed by atoms with E-state index in [1.54, 1.807) is 24.3 Å². The Labute approximate surface area is 143 Å². The van der Waals surface area contributed by atoms with Gasteiger partial charge in [-0.25, -0.2) is 8.78 Å². The summed E-state index contributed by atoms with van der Waals surface area (Å²) in [5, 5.41) is 2.57. The predicted octanol–water partition coefficient (Wildman–Crippen LogP) is 3.01. The average molecular weight is 349 g/mol. The van der Waals surface area contributed by atoms with Crippen LogP contribution in [0.4, 0.5) is 8.78 Å². The van der Waals surface area contributed by atoms with Crippen LogP contribution in [0, 0.1) is 11.6 Å². The molecule has 2 aromatic rings. The lowest BCUT2D eigenvalue weighted by Gasteiger charge is -2.19. The Morgan fingerprint density at radius 3 is 2.32 bits per heavy atom. The van der Waals surface area contributed by atoms with Crippen molar-refractivity contribution in [3.05, 3.63) is 65.2 Å². The standard InChI is InChI=1S/C18H17F2NO4/c1-24-13-6-3-11(4-7-13)16(10-17(22)25-2)21-18(23)14-8-5-12(19)9-15(14)20/h3-9,16H,10H2,1-2H3,(H,21,23)/t16-/m1/s1. The first kappa shape index (κ1) is 18.4. The van der Waals surface area contributed by atoms with Crippen molar-refractivity contribution in [2.75, 3.05) is 14.2 Å². The summed E-state index contributed by atoms with van der Waals surface area (Å²) < 4.78 is 36.5. The number of nitrogens with one attached hydrogen (secondary N) is 1. The van der Waals surface area contributed by atoms with Crippen LogP contribution in [0.2, 0.25) is 0 Å². The zero-order valence-electron chi connectivity index (χ0n) is 13.7. The lowest BCUT2D eigenvalue weighted by molar-refractivity contribution is -0.141. The molecule has 0 heterocycles. The quantitative estimate of drug-likeness (QED) is 0.815. The van der Waals surface area contributed by atoms with E-state index in [-0.39, 0.29) is 12.0 Å².